The number of aryl methyl sites for hydroxylation is 1. The zero-order valence-corrected chi connectivity index (χ0v) is 12.6. The maximum absolute atomic E-state index is 11.1. The Bertz CT molecular complexity index is 824. The summed E-state index contributed by atoms with van der Waals surface area (Å²) in [5.74, 6) is 0.203. The lowest BCUT2D eigenvalue weighted by atomic mass is 9.91. The molecule has 0 aliphatic heterocycles. The van der Waals surface area contributed by atoms with E-state index in [0.29, 0.717) is 16.7 Å². The number of nitrogens with two attached hydrogens (primary N) is 1. The number of pyridine rings is 1. The molecule has 0 unspecified atom stereocenters. The van der Waals surface area contributed by atoms with Crippen LogP contribution in [0.5, 0.6) is 0 Å². The third-order valence-corrected chi connectivity index (χ3v) is 4.21. The largest absolute Gasteiger partial charge is 0.383 e. The summed E-state index contributed by atoms with van der Waals surface area (Å²) in [6.45, 7) is 0. The molecule has 1 heterocycles. The molecule has 6 heteroatoms. The first-order valence-corrected chi connectivity index (χ1v) is 7.58. The summed E-state index contributed by atoms with van der Waals surface area (Å²) in [7, 11) is 0. The van der Waals surface area contributed by atoms with Crippen LogP contribution in [0.1, 0.15) is 36.1 Å². The summed E-state index contributed by atoms with van der Waals surface area (Å²) in [5, 5.41) is 20.6. The number of non-ortho nitro benzene ring substituents is 1. The minimum Gasteiger partial charge on any atom is -0.383 e. The standard InChI is InChI=1S/C17H16N4O2/c18-10-14-16(11-5-4-6-12(9-11)21(22)23)13-7-2-1-3-8-15(13)20-17(14)19/h4-6,9H,1-3,7-8H2,(H2,19,20). The van der Waals surface area contributed by atoms with Crippen LogP contribution >= 0.6 is 0 Å². The lowest BCUT2D eigenvalue weighted by Gasteiger charge is -2.15. The molecule has 1 aromatic carbocycles. The molecular formula is C17H16N4O2. The van der Waals surface area contributed by atoms with Crippen molar-refractivity contribution < 1.29 is 4.92 Å². The zero-order chi connectivity index (χ0) is 16.4. The Morgan fingerprint density at radius 2 is 2.04 bits per heavy atom. The van der Waals surface area contributed by atoms with Crippen LogP contribution in [0.25, 0.3) is 11.1 Å². The first-order chi connectivity index (χ1) is 11.1. The van der Waals surface area contributed by atoms with Crippen LogP contribution in [-0.2, 0) is 12.8 Å². The second kappa shape index (κ2) is 6.05. The summed E-state index contributed by atoms with van der Waals surface area (Å²) in [6, 6.07) is 8.49. The second-order valence-corrected chi connectivity index (χ2v) is 5.65. The van der Waals surface area contributed by atoms with E-state index in [2.05, 4.69) is 11.1 Å². The van der Waals surface area contributed by atoms with Crippen molar-refractivity contribution in [2.75, 3.05) is 5.73 Å². The van der Waals surface area contributed by atoms with Crippen molar-refractivity contribution in [3.8, 4) is 17.2 Å². The van der Waals surface area contributed by atoms with Gasteiger partial charge in [-0.05, 0) is 36.8 Å². The van der Waals surface area contributed by atoms with Crippen molar-refractivity contribution in [2.24, 2.45) is 0 Å². The minimum atomic E-state index is -0.432. The molecule has 0 atom stereocenters. The molecule has 3 rings (SSSR count). The number of aromatic nitrogens is 1. The van der Waals surface area contributed by atoms with Gasteiger partial charge in [0, 0.05) is 23.4 Å². The van der Waals surface area contributed by atoms with Crippen molar-refractivity contribution >= 4 is 11.5 Å². The SMILES string of the molecule is N#Cc1c(N)nc2c(c1-c1cccc([N+](=O)[O-])c1)CCCCC2. The number of nitrogens with zero attached hydrogens (tertiary/aromatic N) is 3. The predicted octanol–water partition coefficient (Wildman–Crippen LogP) is 3.38. The summed E-state index contributed by atoms with van der Waals surface area (Å²) in [6.07, 6.45) is 4.81. The highest BCUT2D eigenvalue weighted by Crippen LogP contribution is 2.36. The van der Waals surface area contributed by atoms with E-state index in [1.165, 1.54) is 12.1 Å². The molecule has 6 nitrogen and oxygen atoms in total. The Hall–Kier alpha value is -2.94. The summed E-state index contributed by atoms with van der Waals surface area (Å²) < 4.78 is 0. The number of anilines is 1. The van der Waals surface area contributed by atoms with E-state index in [4.69, 9.17) is 5.73 Å². The van der Waals surface area contributed by atoms with E-state index in [0.717, 1.165) is 43.4 Å². The topological polar surface area (TPSA) is 106 Å². The molecule has 23 heavy (non-hydrogen) atoms. The van der Waals surface area contributed by atoms with E-state index < -0.39 is 4.92 Å². The van der Waals surface area contributed by atoms with E-state index >= 15 is 0 Å². The number of nitro benzene ring substituents is 1. The normalized spacial score (nSPS) is 13.7. The zero-order valence-electron chi connectivity index (χ0n) is 12.6. The monoisotopic (exact) mass is 308 g/mol. The molecule has 0 bridgehead atoms. The Kier molecular flexibility index (Phi) is 3.94. The molecule has 116 valence electrons. The van der Waals surface area contributed by atoms with Gasteiger partial charge in [-0.25, -0.2) is 4.98 Å². The average Bonchev–Trinajstić information content (AvgIpc) is 2.78. The average molecular weight is 308 g/mol. The maximum Gasteiger partial charge on any atom is 0.270 e. The molecule has 2 N–H and O–H groups in total. The molecule has 0 amide bonds. The number of nitro groups is 1. The molecule has 0 radical (unpaired) electrons. The Labute approximate surface area is 133 Å². The first kappa shape index (κ1) is 15.0. The van der Waals surface area contributed by atoms with Gasteiger partial charge in [-0.3, -0.25) is 10.1 Å². The van der Waals surface area contributed by atoms with Gasteiger partial charge in [-0.1, -0.05) is 18.6 Å². The van der Waals surface area contributed by atoms with Gasteiger partial charge in [0.2, 0.25) is 0 Å². The molecule has 1 aliphatic carbocycles. The van der Waals surface area contributed by atoms with Crippen molar-refractivity contribution in [2.45, 2.75) is 32.1 Å². The van der Waals surface area contributed by atoms with Gasteiger partial charge < -0.3 is 5.73 Å². The number of rotatable bonds is 2. The summed E-state index contributed by atoms with van der Waals surface area (Å²) in [5.41, 5.74) is 9.58. The van der Waals surface area contributed by atoms with E-state index in [-0.39, 0.29) is 11.5 Å². The maximum atomic E-state index is 11.1. The molecular weight excluding hydrogens is 292 g/mol. The van der Waals surface area contributed by atoms with Crippen LogP contribution < -0.4 is 5.73 Å². The van der Waals surface area contributed by atoms with Crippen LogP contribution in [-0.4, -0.2) is 9.91 Å². The number of hydrogen-bond acceptors (Lipinski definition) is 5. The number of fused-ring (bicyclic) bond motifs is 1. The van der Waals surface area contributed by atoms with Crippen LogP contribution in [0.4, 0.5) is 11.5 Å². The Balaban J connectivity index is 2.29. The van der Waals surface area contributed by atoms with Crippen LogP contribution in [0.15, 0.2) is 24.3 Å². The van der Waals surface area contributed by atoms with Gasteiger partial charge >= 0.3 is 0 Å². The number of hydrogen-bond donors (Lipinski definition) is 1. The summed E-state index contributed by atoms with van der Waals surface area (Å²) in [4.78, 5) is 15.0. The minimum absolute atomic E-state index is 0.00384. The van der Waals surface area contributed by atoms with Crippen LogP contribution in [0, 0.1) is 21.4 Å². The molecule has 2 aromatic rings. The number of benzene rings is 1. The fourth-order valence-electron chi connectivity index (χ4n) is 3.15. The van der Waals surface area contributed by atoms with Gasteiger partial charge in [-0.2, -0.15) is 5.26 Å². The van der Waals surface area contributed by atoms with Gasteiger partial charge in [0.25, 0.3) is 5.69 Å². The third-order valence-electron chi connectivity index (χ3n) is 4.21. The van der Waals surface area contributed by atoms with Gasteiger partial charge in [0.05, 0.1) is 4.92 Å². The molecule has 1 aliphatic rings. The smallest absolute Gasteiger partial charge is 0.270 e. The van der Waals surface area contributed by atoms with Crippen molar-refractivity contribution in [1.29, 1.82) is 5.26 Å². The molecule has 0 saturated heterocycles. The van der Waals surface area contributed by atoms with Crippen molar-refractivity contribution in [3.05, 3.63) is 51.2 Å². The van der Waals surface area contributed by atoms with Crippen molar-refractivity contribution in [1.82, 2.24) is 4.98 Å². The fourth-order valence-corrected chi connectivity index (χ4v) is 3.15. The molecule has 0 saturated carbocycles. The fraction of sp³-hybridized carbons (Fsp3) is 0.294. The summed E-state index contributed by atoms with van der Waals surface area (Å²) >= 11 is 0. The molecule has 0 spiro atoms. The predicted molar refractivity (Wildman–Crippen MR) is 86.7 cm³/mol. The second-order valence-electron chi connectivity index (χ2n) is 5.65. The quantitative estimate of drug-likeness (QED) is 0.520. The molecule has 1 aromatic heterocycles. The van der Waals surface area contributed by atoms with Crippen LogP contribution in [0.2, 0.25) is 0 Å². The number of nitrogen functional groups attached to an aromatic ring is 1. The van der Waals surface area contributed by atoms with E-state index in [1.807, 2.05) is 0 Å². The number of nitriles is 1. The Morgan fingerprint density at radius 3 is 2.78 bits per heavy atom. The lowest BCUT2D eigenvalue weighted by molar-refractivity contribution is -0.384. The lowest BCUT2D eigenvalue weighted by Crippen LogP contribution is -2.07. The Morgan fingerprint density at radius 1 is 1.26 bits per heavy atom. The van der Waals surface area contributed by atoms with E-state index in [1.54, 1.807) is 12.1 Å². The third kappa shape index (κ3) is 2.73. The van der Waals surface area contributed by atoms with Gasteiger partial charge in [0.15, 0.2) is 0 Å². The van der Waals surface area contributed by atoms with Gasteiger partial charge in [0.1, 0.15) is 17.5 Å². The van der Waals surface area contributed by atoms with Gasteiger partial charge in [-0.15, -0.1) is 0 Å². The molecule has 0 fully saturated rings. The highest BCUT2D eigenvalue weighted by molar-refractivity contribution is 5.80. The first-order valence-electron chi connectivity index (χ1n) is 7.58. The van der Waals surface area contributed by atoms with Crippen molar-refractivity contribution in [3.63, 3.8) is 0 Å². The highest BCUT2D eigenvalue weighted by Gasteiger charge is 2.22. The van der Waals surface area contributed by atoms with E-state index in [9.17, 15) is 15.4 Å². The highest BCUT2D eigenvalue weighted by atomic mass is 16.6. The van der Waals surface area contributed by atoms with Crippen LogP contribution in [0.3, 0.4) is 0 Å².